The second-order valence-electron chi connectivity index (χ2n) is 6.28. The molecule has 1 aliphatic rings. The Hall–Kier alpha value is -0.830. The predicted molar refractivity (Wildman–Crippen MR) is 68.9 cm³/mol. The van der Waals surface area contributed by atoms with E-state index < -0.39 is 0 Å². The van der Waals surface area contributed by atoms with Gasteiger partial charge in [-0.2, -0.15) is 0 Å². The Labute approximate surface area is 104 Å². The molecule has 1 fully saturated rings. The van der Waals surface area contributed by atoms with Crippen molar-refractivity contribution in [1.29, 1.82) is 0 Å². The van der Waals surface area contributed by atoms with Gasteiger partial charge in [-0.25, -0.2) is 4.98 Å². The van der Waals surface area contributed by atoms with Gasteiger partial charge in [-0.05, 0) is 39.5 Å². The summed E-state index contributed by atoms with van der Waals surface area (Å²) < 4.78 is 5.63. The summed E-state index contributed by atoms with van der Waals surface area (Å²) in [4.78, 5) is 4.37. The first-order valence-corrected chi connectivity index (χ1v) is 6.64. The molecule has 0 aliphatic heterocycles. The Kier molecular flexibility index (Phi) is 3.57. The van der Waals surface area contributed by atoms with Crippen LogP contribution in [0.15, 0.2) is 10.8 Å². The molecule has 1 saturated carbocycles. The van der Waals surface area contributed by atoms with Crippen LogP contribution in [0.5, 0.6) is 0 Å². The molecule has 1 aromatic rings. The Morgan fingerprint density at radius 3 is 2.76 bits per heavy atom. The summed E-state index contributed by atoms with van der Waals surface area (Å²) in [6.07, 6.45) is 5.48. The average molecular weight is 236 g/mol. The molecule has 0 spiro atoms. The van der Waals surface area contributed by atoms with Crippen molar-refractivity contribution in [3.8, 4) is 0 Å². The van der Waals surface area contributed by atoms with E-state index in [-0.39, 0.29) is 5.54 Å². The molecule has 0 radical (unpaired) electrons. The zero-order valence-electron chi connectivity index (χ0n) is 11.4. The van der Waals surface area contributed by atoms with Crippen molar-refractivity contribution in [2.75, 3.05) is 0 Å². The van der Waals surface area contributed by atoms with Crippen LogP contribution in [-0.2, 0) is 6.54 Å². The second kappa shape index (κ2) is 4.81. The highest BCUT2D eigenvalue weighted by atomic mass is 16.3. The molecule has 3 heteroatoms. The minimum Gasteiger partial charge on any atom is -0.448 e. The van der Waals surface area contributed by atoms with Crippen molar-refractivity contribution in [3.05, 3.63) is 17.8 Å². The molecule has 0 bridgehead atoms. The molecule has 1 N–H and O–H groups in total. The molecule has 1 heterocycles. The van der Waals surface area contributed by atoms with E-state index in [4.69, 9.17) is 4.42 Å². The monoisotopic (exact) mass is 236 g/mol. The minimum absolute atomic E-state index is 0.123. The van der Waals surface area contributed by atoms with E-state index in [9.17, 15) is 0 Å². The standard InChI is InChI=1S/C14H24N2O/c1-10-6-5-7-11(10)13-12(15-9-17-13)8-16-14(2,3)4/h9-11,16H,5-8H2,1-4H3. The summed E-state index contributed by atoms with van der Waals surface area (Å²) in [5.74, 6) is 2.43. The number of oxazole rings is 1. The molecule has 2 unspecified atom stereocenters. The van der Waals surface area contributed by atoms with Gasteiger partial charge in [-0.15, -0.1) is 0 Å². The van der Waals surface area contributed by atoms with Crippen molar-refractivity contribution in [2.45, 2.75) is 65.0 Å². The normalized spacial score (nSPS) is 25.4. The molecule has 3 nitrogen and oxygen atoms in total. The van der Waals surface area contributed by atoms with Crippen LogP contribution in [0.1, 0.15) is 64.3 Å². The van der Waals surface area contributed by atoms with Crippen molar-refractivity contribution < 1.29 is 4.42 Å². The largest absolute Gasteiger partial charge is 0.448 e. The Morgan fingerprint density at radius 2 is 2.18 bits per heavy atom. The first-order valence-electron chi connectivity index (χ1n) is 6.64. The summed E-state index contributed by atoms with van der Waals surface area (Å²) >= 11 is 0. The number of nitrogens with zero attached hydrogens (tertiary/aromatic N) is 1. The number of nitrogens with one attached hydrogen (secondary N) is 1. The molecule has 2 rings (SSSR count). The van der Waals surface area contributed by atoms with Crippen molar-refractivity contribution in [2.24, 2.45) is 5.92 Å². The highest BCUT2D eigenvalue weighted by Crippen LogP contribution is 2.40. The van der Waals surface area contributed by atoms with Gasteiger partial charge >= 0.3 is 0 Å². The number of aromatic nitrogens is 1. The number of hydrogen-bond donors (Lipinski definition) is 1. The molecule has 0 saturated heterocycles. The van der Waals surface area contributed by atoms with Gasteiger partial charge in [-0.1, -0.05) is 13.3 Å². The van der Waals surface area contributed by atoms with Gasteiger partial charge in [-0.3, -0.25) is 0 Å². The lowest BCUT2D eigenvalue weighted by atomic mass is 9.94. The van der Waals surface area contributed by atoms with Gasteiger partial charge in [0.2, 0.25) is 0 Å². The van der Waals surface area contributed by atoms with Crippen LogP contribution in [0.4, 0.5) is 0 Å². The fourth-order valence-corrected chi connectivity index (χ4v) is 2.60. The Morgan fingerprint density at radius 1 is 1.41 bits per heavy atom. The highest BCUT2D eigenvalue weighted by Gasteiger charge is 2.30. The van der Waals surface area contributed by atoms with Gasteiger partial charge in [0.25, 0.3) is 0 Å². The fraction of sp³-hybridized carbons (Fsp3) is 0.786. The lowest BCUT2D eigenvalue weighted by Crippen LogP contribution is -2.35. The van der Waals surface area contributed by atoms with Crippen LogP contribution in [0, 0.1) is 5.92 Å². The Bertz CT molecular complexity index is 365. The SMILES string of the molecule is CC1CCCC1c1ocnc1CNC(C)(C)C. The van der Waals surface area contributed by atoms with E-state index in [0.29, 0.717) is 5.92 Å². The van der Waals surface area contributed by atoms with Gasteiger partial charge in [0.15, 0.2) is 6.39 Å². The van der Waals surface area contributed by atoms with Crippen LogP contribution in [0.25, 0.3) is 0 Å². The van der Waals surface area contributed by atoms with E-state index in [1.165, 1.54) is 19.3 Å². The van der Waals surface area contributed by atoms with Gasteiger partial charge in [0.05, 0.1) is 5.69 Å². The number of hydrogen-bond acceptors (Lipinski definition) is 3. The summed E-state index contributed by atoms with van der Waals surface area (Å²) in [5.41, 5.74) is 1.22. The topological polar surface area (TPSA) is 38.1 Å². The predicted octanol–water partition coefficient (Wildman–Crippen LogP) is 3.47. The van der Waals surface area contributed by atoms with Crippen LogP contribution in [0.2, 0.25) is 0 Å². The second-order valence-corrected chi connectivity index (χ2v) is 6.28. The van der Waals surface area contributed by atoms with Crippen LogP contribution >= 0.6 is 0 Å². The third kappa shape index (κ3) is 3.09. The molecule has 1 aromatic heterocycles. The first kappa shape index (κ1) is 12.6. The molecule has 1 aliphatic carbocycles. The van der Waals surface area contributed by atoms with E-state index in [2.05, 4.69) is 38.0 Å². The zero-order valence-corrected chi connectivity index (χ0v) is 11.4. The summed E-state index contributed by atoms with van der Waals surface area (Å²) in [7, 11) is 0. The third-order valence-electron chi connectivity index (χ3n) is 3.66. The minimum atomic E-state index is 0.123. The van der Waals surface area contributed by atoms with Crippen molar-refractivity contribution in [1.82, 2.24) is 10.3 Å². The third-order valence-corrected chi connectivity index (χ3v) is 3.66. The van der Waals surface area contributed by atoms with E-state index in [0.717, 1.165) is 23.9 Å². The number of rotatable bonds is 3. The maximum atomic E-state index is 5.63. The Balaban J connectivity index is 2.06. The highest BCUT2D eigenvalue weighted by molar-refractivity contribution is 5.15. The summed E-state index contributed by atoms with van der Waals surface area (Å²) in [6.45, 7) is 9.64. The van der Waals surface area contributed by atoms with Crippen LogP contribution in [-0.4, -0.2) is 10.5 Å². The quantitative estimate of drug-likeness (QED) is 0.873. The molecular weight excluding hydrogens is 212 g/mol. The molecule has 17 heavy (non-hydrogen) atoms. The van der Waals surface area contributed by atoms with Crippen LogP contribution < -0.4 is 5.32 Å². The molecule has 0 amide bonds. The average Bonchev–Trinajstić information content (AvgIpc) is 2.81. The van der Waals surface area contributed by atoms with Crippen molar-refractivity contribution >= 4 is 0 Å². The lowest BCUT2D eigenvalue weighted by Gasteiger charge is -2.21. The van der Waals surface area contributed by atoms with Gasteiger partial charge in [0.1, 0.15) is 5.76 Å². The van der Waals surface area contributed by atoms with E-state index in [1.54, 1.807) is 6.39 Å². The smallest absolute Gasteiger partial charge is 0.181 e. The van der Waals surface area contributed by atoms with Gasteiger partial charge < -0.3 is 9.73 Å². The first-order chi connectivity index (χ1) is 7.97. The van der Waals surface area contributed by atoms with E-state index in [1.807, 2.05) is 0 Å². The summed E-state index contributed by atoms with van der Waals surface area (Å²) in [6, 6.07) is 0. The molecule has 2 atom stereocenters. The van der Waals surface area contributed by atoms with Gasteiger partial charge in [0, 0.05) is 18.0 Å². The van der Waals surface area contributed by atoms with Crippen molar-refractivity contribution in [3.63, 3.8) is 0 Å². The van der Waals surface area contributed by atoms with E-state index >= 15 is 0 Å². The summed E-state index contributed by atoms with van der Waals surface area (Å²) in [5, 5.41) is 3.48. The fourth-order valence-electron chi connectivity index (χ4n) is 2.60. The maximum absolute atomic E-state index is 5.63. The van der Waals surface area contributed by atoms with Crippen LogP contribution in [0.3, 0.4) is 0 Å². The molecule has 0 aromatic carbocycles. The lowest BCUT2D eigenvalue weighted by molar-refractivity contribution is 0.394. The maximum Gasteiger partial charge on any atom is 0.181 e. The molecular formula is C14H24N2O. The molecule has 96 valence electrons. The zero-order chi connectivity index (χ0) is 12.5.